The van der Waals surface area contributed by atoms with Crippen molar-refractivity contribution in [1.82, 2.24) is 15.0 Å². The van der Waals surface area contributed by atoms with Crippen LogP contribution in [0.2, 0.25) is 10.0 Å². The highest BCUT2D eigenvalue weighted by Crippen LogP contribution is 2.37. The van der Waals surface area contributed by atoms with Crippen molar-refractivity contribution >= 4 is 46.7 Å². The van der Waals surface area contributed by atoms with Gasteiger partial charge in [-0.05, 0) is 29.9 Å². The van der Waals surface area contributed by atoms with E-state index in [9.17, 15) is 5.26 Å². The first-order chi connectivity index (χ1) is 12.4. The van der Waals surface area contributed by atoms with E-state index in [0.29, 0.717) is 21.7 Å². The second-order valence-electron chi connectivity index (χ2n) is 5.70. The number of anilines is 2. The molecule has 0 aliphatic carbocycles. The van der Waals surface area contributed by atoms with E-state index in [1.54, 1.807) is 37.2 Å². The van der Waals surface area contributed by atoms with Crippen LogP contribution in [0.5, 0.6) is 5.75 Å². The first-order valence-corrected chi connectivity index (χ1v) is 8.26. The monoisotopic (exact) mass is 388 g/mol. The lowest BCUT2D eigenvalue weighted by molar-refractivity contribution is 0.351. The van der Waals surface area contributed by atoms with Crippen molar-refractivity contribution < 1.29 is 4.74 Å². The predicted molar refractivity (Wildman–Crippen MR) is 102 cm³/mol. The number of aromatic nitrogens is 3. The molecule has 0 unspecified atom stereocenters. The van der Waals surface area contributed by atoms with Crippen molar-refractivity contribution in [2.24, 2.45) is 0 Å². The summed E-state index contributed by atoms with van der Waals surface area (Å²) < 4.78 is 5.69. The second-order valence-corrected chi connectivity index (χ2v) is 6.54. The molecule has 1 aliphatic rings. The molecule has 3 rings (SSSR count). The highest BCUT2D eigenvalue weighted by molar-refractivity contribution is 6.36. The van der Waals surface area contributed by atoms with Gasteiger partial charge in [-0.25, -0.2) is 0 Å². The van der Waals surface area contributed by atoms with Crippen LogP contribution in [0.4, 0.5) is 11.9 Å². The second kappa shape index (κ2) is 7.20. The molecule has 1 aromatic carbocycles. The largest absolute Gasteiger partial charge is 0.487 e. The third-order valence-corrected chi connectivity index (χ3v) is 3.99. The molecule has 0 fully saturated rings. The highest BCUT2D eigenvalue weighted by Gasteiger charge is 2.17. The summed E-state index contributed by atoms with van der Waals surface area (Å²) in [4.78, 5) is 14.0. The van der Waals surface area contributed by atoms with Crippen LogP contribution in [0.15, 0.2) is 23.8 Å². The molecule has 2 heterocycles. The van der Waals surface area contributed by atoms with E-state index in [1.165, 1.54) is 0 Å². The fourth-order valence-electron chi connectivity index (χ4n) is 2.35. The fraction of sp³-hybridized carbons (Fsp3) is 0.176. The summed E-state index contributed by atoms with van der Waals surface area (Å²) in [6.45, 7) is 0.251. The number of nitriles is 1. The smallest absolute Gasteiger partial charge is 0.230 e. The van der Waals surface area contributed by atoms with Crippen LogP contribution in [0.1, 0.15) is 11.4 Å². The normalized spacial score (nSPS) is 13.3. The lowest BCUT2D eigenvalue weighted by Gasteiger charge is -2.18. The van der Waals surface area contributed by atoms with Crippen LogP contribution in [0.25, 0.3) is 11.6 Å². The summed E-state index contributed by atoms with van der Waals surface area (Å²) in [6, 6.07) is 5.45. The van der Waals surface area contributed by atoms with E-state index in [2.05, 4.69) is 21.0 Å². The van der Waals surface area contributed by atoms with Crippen LogP contribution in [0, 0.1) is 11.3 Å². The van der Waals surface area contributed by atoms with E-state index in [1.807, 2.05) is 6.08 Å². The topological polar surface area (TPSA) is 101 Å². The van der Waals surface area contributed by atoms with Gasteiger partial charge in [0.1, 0.15) is 18.4 Å². The molecule has 7 nitrogen and oxygen atoms in total. The molecule has 0 atom stereocenters. The molecule has 2 N–H and O–H groups in total. The summed E-state index contributed by atoms with van der Waals surface area (Å²) in [5.41, 5.74) is 7.45. The van der Waals surface area contributed by atoms with Crippen molar-refractivity contribution in [3.05, 3.63) is 45.2 Å². The number of nitrogens with two attached hydrogens (primary N) is 1. The minimum absolute atomic E-state index is 0.0395. The molecular weight excluding hydrogens is 375 g/mol. The Hall–Kier alpha value is -2.82. The minimum Gasteiger partial charge on any atom is -0.487 e. The standard InChI is InChI=1S/C17H14Cl2N6O/c1-25(2)17-23-15(22-16(21)24-17)11(7-20)4-9-3-10-5-12(18)6-13(19)14(10)26-8-9/h3-6H,8H2,1-2H3,(H2,21,22,23,24). The molecule has 1 aliphatic heterocycles. The van der Waals surface area contributed by atoms with E-state index >= 15 is 0 Å². The van der Waals surface area contributed by atoms with Gasteiger partial charge in [-0.1, -0.05) is 23.2 Å². The summed E-state index contributed by atoms with van der Waals surface area (Å²) in [6.07, 6.45) is 3.50. The maximum atomic E-state index is 9.53. The summed E-state index contributed by atoms with van der Waals surface area (Å²) in [5.74, 6) is 1.16. The van der Waals surface area contributed by atoms with Gasteiger partial charge < -0.3 is 15.4 Å². The molecular formula is C17H14Cl2N6O. The van der Waals surface area contributed by atoms with E-state index in [0.717, 1.165) is 11.1 Å². The summed E-state index contributed by atoms with van der Waals surface area (Å²) >= 11 is 12.2. The molecule has 0 saturated heterocycles. The number of nitrogens with zero attached hydrogens (tertiary/aromatic N) is 5. The zero-order valence-electron chi connectivity index (χ0n) is 14.0. The number of rotatable bonds is 3. The number of halogens is 2. The third-order valence-electron chi connectivity index (χ3n) is 3.49. The van der Waals surface area contributed by atoms with E-state index in [4.69, 9.17) is 33.7 Å². The van der Waals surface area contributed by atoms with Crippen LogP contribution in [0.3, 0.4) is 0 Å². The molecule has 26 heavy (non-hydrogen) atoms. The van der Waals surface area contributed by atoms with E-state index in [-0.39, 0.29) is 24.0 Å². The first-order valence-electron chi connectivity index (χ1n) is 7.51. The van der Waals surface area contributed by atoms with Gasteiger partial charge in [0.25, 0.3) is 0 Å². The Labute approximate surface area is 160 Å². The van der Waals surface area contributed by atoms with Gasteiger partial charge in [0, 0.05) is 24.7 Å². The molecule has 0 spiro atoms. The quantitative estimate of drug-likeness (QED) is 0.805. The lowest BCUT2D eigenvalue weighted by Crippen LogP contribution is -2.16. The minimum atomic E-state index is 0.0395. The number of fused-ring (bicyclic) bond motifs is 1. The molecule has 9 heteroatoms. The molecule has 0 saturated carbocycles. The van der Waals surface area contributed by atoms with Crippen molar-refractivity contribution in [3.63, 3.8) is 0 Å². The number of nitrogen functional groups attached to an aromatic ring is 1. The van der Waals surface area contributed by atoms with Crippen molar-refractivity contribution in [2.45, 2.75) is 0 Å². The van der Waals surface area contributed by atoms with Crippen LogP contribution >= 0.6 is 23.2 Å². The van der Waals surface area contributed by atoms with Gasteiger partial charge in [-0.2, -0.15) is 20.2 Å². The Bertz CT molecular complexity index is 978. The Morgan fingerprint density at radius 2 is 2.08 bits per heavy atom. The van der Waals surface area contributed by atoms with Gasteiger partial charge in [0.05, 0.1) is 10.6 Å². The van der Waals surface area contributed by atoms with Crippen molar-refractivity contribution in [3.8, 4) is 11.8 Å². The number of benzene rings is 1. The summed E-state index contributed by atoms with van der Waals surface area (Å²) in [5, 5.41) is 10.5. The zero-order valence-corrected chi connectivity index (χ0v) is 15.5. The maximum absolute atomic E-state index is 9.53. The number of hydrogen-bond acceptors (Lipinski definition) is 7. The zero-order chi connectivity index (χ0) is 18.8. The van der Waals surface area contributed by atoms with Crippen LogP contribution < -0.4 is 15.4 Å². The first kappa shape index (κ1) is 18.0. The Kier molecular flexibility index (Phi) is 4.98. The lowest BCUT2D eigenvalue weighted by atomic mass is 10.0. The van der Waals surface area contributed by atoms with Gasteiger partial charge in [0.15, 0.2) is 5.82 Å². The number of allylic oxidation sites excluding steroid dienone is 1. The number of hydrogen-bond donors (Lipinski definition) is 1. The fourth-order valence-corrected chi connectivity index (χ4v) is 2.92. The third kappa shape index (κ3) is 3.72. The Morgan fingerprint density at radius 1 is 1.31 bits per heavy atom. The Morgan fingerprint density at radius 3 is 2.77 bits per heavy atom. The molecule has 132 valence electrons. The van der Waals surface area contributed by atoms with Crippen molar-refractivity contribution in [2.75, 3.05) is 31.3 Å². The maximum Gasteiger partial charge on any atom is 0.230 e. The number of ether oxygens (including phenoxy) is 1. The predicted octanol–water partition coefficient (Wildman–Crippen LogP) is 3.21. The van der Waals surface area contributed by atoms with Crippen LogP contribution in [-0.2, 0) is 0 Å². The van der Waals surface area contributed by atoms with Crippen LogP contribution in [-0.4, -0.2) is 35.7 Å². The molecule has 1 aromatic heterocycles. The van der Waals surface area contributed by atoms with Gasteiger partial charge >= 0.3 is 0 Å². The SMILES string of the molecule is CN(C)c1nc(N)nc(C(C#N)=CC2=Cc3cc(Cl)cc(Cl)c3OC2)n1. The van der Waals surface area contributed by atoms with E-state index < -0.39 is 0 Å². The van der Waals surface area contributed by atoms with Gasteiger partial charge in [-0.3, -0.25) is 0 Å². The molecule has 0 amide bonds. The average Bonchev–Trinajstić information content (AvgIpc) is 2.58. The van der Waals surface area contributed by atoms with Gasteiger partial charge in [0.2, 0.25) is 11.9 Å². The highest BCUT2D eigenvalue weighted by atomic mass is 35.5. The van der Waals surface area contributed by atoms with Crippen molar-refractivity contribution in [1.29, 1.82) is 5.26 Å². The molecule has 2 aromatic rings. The summed E-state index contributed by atoms with van der Waals surface area (Å²) in [7, 11) is 3.55. The average molecular weight is 389 g/mol. The molecule has 0 bridgehead atoms. The molecule has 0 radical (unpaired) electrons. The van der Waals surface area contributed by atoms with Gasteiger partial charge in [-0.15, -0.1) is 0 Å². The Balaban J connectivity index is 2.03.